The van der Waals surface area contributed by atoms with E-state index in [9.17, 15) is 4.79 Å². The van der Waals surface area contributed by atoms with Crippen LogP contribution in [0.3, 0.4) is 0 Å². The van der Waals surface area contributed by atoms with Gasteiger partial charge in [-0.1, -0.05) is 25.5 Å². The maximum absolute atomic E-state index is 11.1. The fourth-order valence-electron chi connectivity index (χ4n) is 2.93. The molecule has 0 heterocycles. The number of hydrogen-bond acceptors (Lipinski definition) is 2. The molecule has 3 nitrogen and oxygen atoms in total. The molecule has 0 aliphatic carbocycles. The largest absolute Gasteiger partial charge is 0.481 e. The van der Waals surface area contributed by atoms with Gasteiger partial charge >= 0.3 is 5.97 Å². The summed E-state index contributed by atoms with van der Waals surface area (Å²) in [5.41, 5.74) is 11.0. The molecule has 0 bridgehead atoms. The summed E-state index contributed by atoms with van der Waals surface area (Å²) in [5, 5.41) is 9.15. The van der Waals surface area contributed by atoms with Crippen molar-refractivity contribution < 1.29 is 9.90 Å². The number of rotatable bonds is 8. The first-order valence-corrected chi connectivity index (χ1v) is 7.89. The first-order chi connectivity index (χ1) is 9.90. The predicted molar refractivity (Wildman–Crippen MR) is 87.6 cm³/mol. The molecule has 0 aromatic heterocycles. The molecule has 118 valence electrons. The summed E-state index contributed by atoms with van der Waals surface area (Å²) in [5.74, 6) is -0.748. The average molecular weight is 291 g/mol. The zero-order valence-electron chi connectivity index (χ0n) is 13.8. The van der Waals surface area contributed by atoms with Gasteiger partial charge in [-0.05, 0) is 68.2 Å². The lowest BCUT2D eigenvalue weighted by Gasteiger charge is -2.20. The van der Waals surface area contributed by atoms with E-state index in [-0.39, 0.29) is 6.54 Å². The maximum Gasteiger partial charge on any atom is 0.307 e. The van der Waals surface area contributed by atoms with Gasteiger partial charge in [0.15, 0.2) is 0 Å². The topological polar surface area (TPSA) is 63.3 Å². The molecule has 1 aromatic rings. The Bertz CT molecular complexity index is 482. The zero-order chi connectivity index (χ0) is 16.0. The highest BCUT2D eigenvalue weighted by atomic mass is 16.4. The SMILES string of the molecule is CCC(CCc1c(C)ccc(C)c1C)CC(CN)C(=O)O. The van der Waals surface area contributed by atoms with E-state index in [1.165, 1.54) is 22.3 Å². The van der Waals surface area contributed by atoms with Gasteiger partial charge in [-0.2, -0.15) is 0 Å². The molecule has 0 spiro atoms. The number of carbonyl (C=O) groups is 1. The standard InChI is InChI=1S/C18H29NO2/c1-5-15(10-16(11-19)18(20)21)8-9-17-13(3)7-6-12(2)14(17)4/h6-7,15-16H,5,8-11,19H2,1-4H3,(H,20,21). The van der Waals surface area contributed by atoms with E-state index in [2.05, 4.69) is 39.8 Å². The van der Waals surface area contributed by atoms with Crippen molar-refractivity contribution in [1.29, 1.82) is 0 Å². The van der Waals surface area contributed by atoms with Gasteiger partial charge in [0.25, 0.3) is 0 Å². The summed E-state index contributed by atoms with van der Waals surface area (Å²) in [6, 6.07) is 4.35. The minimum Gasteiger partial charge on any atom is -0.481 e. The summed E-state index contributed by atoms with van der Waals surface area (Å²) in [7, 11) is 0. The van der Waals surface area contributed by atoms with Crippen LogP contribution in [0, 0.1) is 32.6 Å². The van der Waals surface area contributed by atoms with Crippen LogP contribution in [-0.4, -0.2) is 17.6 Å². The fourth-order valence-corrected chi connectivity index (χ4v) is 2.93. The molecular formula is C18H29NO2. The number of hydrogen-bond donors (Lipinski definition) is 2. The lowest BCUT2D eigenvalue weighted by atomic mass is 9.86. The fraction of sp³-hybridized carbons (Fsp3) is 0.611. The first-order valence-electron chi connectivity index (χ1n) is 7.89. The van der Waals surface area contributed by atoms with Crippen LogP contribution in [0.4, 0.5) is 0 Å². The van der Waals surface area contributed by atoms with Crippen LogP contribution in [0.1, 0.15) is 48.4 Å². The Balaban J connectivity index is 2.72. The second kappa shape index (κ2) is 8.18. The molecule has 2 unspecified atom stereocenters. The highest BCUT2D eigenvalue weighted by Crippen LogP contribution is 2.25. The van der Waals surface area contributed by atoms with Crippen molar-refractivity contribution in [3.63, 3.8) is 0 Å². The van der Waals surface area contributed by atoms with Gasteiger partial charge in [0.2, 0.25) is 0 Å². The van der Waals surface area contributed by atoms with E-state index in [1.807, 2.05) is 0 Å². The third-order valence-electron chi connectivity index (χ3n) is 4.74. The van der Waals surface area contributed by atoms with Crippen LogP contribution in [-0.2, 0) is 11.2 Å². The van der Waals surface area contributed by atoms with Gasteiger partial charge in [0.05, 0.1) is 5.92 Å². The predicted octanol–water partition coefficient (Wildman–Crippen LogP) is 3.62. The molecule has 0 aliphatic heterocycles. The zero-order valence-corrected chi connectivity index (χ0v) is 13.8. The Labute approximate surface area is 128 Å². The van der Waals surface area contributed by atoms with E-state index in [1.54, 1.807) is 0 Å². The summed E-state index contributed by atoms with van der Waals surface area (Å²) < 4.78 is 0. The minimum atomic E-state index is -0.765. The number of aryl methyl sites for hydroxylation is 2. The van der Waals surface area contributed by atoms with E-state index < -0.39 is 11.9 Å². The molecule has 0 aliphatic rings. The van der Waals surface area contributed by atoms with Gasteiger partial charge in [-0.15, -0.1) is 0 Å². The van der Waals surface area contributed by atoms with Crippen molar-refractivity contribution in [3.8, 4) is 0 Å². The summed E-state index contributed by atoms with van der Waals surface area (Å²) in [6.07, 6.45) is 3.75. The molecule has 3 heteroatoms. The molecular weight excluding hydrogens is 262 g/mol. The molecule has 2 atom stereocenters. The van der Waals surface area contributed by atoms with Gasteiger partial charge in [-0.25, -0.2) is 0 Å². The molecule has 0 radical (unpaired) electrons. The molecule has 1 rings (SSSR count). The van der Waals surface area contributed by atoms with Crippen molar-refractivity contribution in [1.82, 2.24) is 0 Å². The van der Waals surface area contributed by atoms with Gasteiger partial charge in [0, 0.05) is 6.54 Å². The number of carboxylic acids is 1. The highest BCUT2D eigenvalue weighted by molar-refractivity contribution is 5.70. The van der Waals surface area contributed by atoms with E-state index in [0.29, 0.717) is 12.3 Å². The highest BCUT2D eigenvalue weighted by Gasteiger charge is 2.20. The Hall–Kier alpha value is -1.35. The summed E-state index contributed by atoms with van der Waals surface area (Å²) in [4.78, 5) is 11.1. The van der Waals surface area contributed by atoms with Crippen molar-refractivity contribution >= 4 is 5.97 Å². The second-order valence-corrected chi connectivity index (χ2v) is 6.12. The second-order valence-electron chi connectivity index (χ2n) is 6.12. The van der Waals surface area contributed by atoms with Gasteiger partial charge in [-0.3, -0.25) is 4.79 Å². The lowest BCUT2D eigenvalue weighted by Crippen LogP contribution is -2.26. The van der Waals surface area contributed by atoms with Crippen LogP contribution in [0.2, 0.25) is 0 Å². The summed E-state index contributed by atoms with van der Waals surface area (Å²) >= 11 is 0. The van der Waals surface area contributed by atoms with Crippen LogP contribution in [0.15, 0.2) is 12.1 Å². The Morgan fingerprint density at radius 2 is 1.86 bits per heavy atom. The van der Waals surface area contributed by atoms with Crippen LogP contribution in [0.25, 0.3) is 0 Å². The first kappa shape index (κ1) is 17.7. The average Bonchev–Trinajstić information content (AvgIpc) is 2.45. The molecule has 1 aromatic carbocycles. The van der Waals surface area contributed by atoms with Crippen molar-refractivity contribution in [2.45, 2.75) is 53.4 Å². The maximum atomic E-state index is 11.1. The Morgan fingerprint density at radius 1 is 1.24 bits per heavy atom. The molecule has 0 saturated carbocycles. The van der Waals surface area contributed by atoms with Crippen LogP contribution < -0.4 is 5.73 Å². The van der Waals surface area contributed by atoms with Crippen LogP contribution >= 0.6 is 0 Å². The normalized spacial score (nSPS) is 14.0. The van der Waals surface area contributed by atoms with Crippen LogP contribution in [0.5, 0.6) is 0 Å². The number of aliphatic carboxylic acids is 1. The van der Waals surface area contributed by atoms with Gasteiger partial charge < -0.3 is 10.8 Å². The number of nitrogens with two attached hydrogens (primary N) is 1. The van der Waals surface area contributed by atoms with E-state index >= 15 is 0 Å². The number of carboxylic acid groups (broad SMARTS) is 1. The third-order valence-corrected chi connectivity index (χ3v) is 4.74. The molecule has 0 fully saturated rings. The third kappa shape index (κ3) is 4.85. The summed E-state index contributed by atoms with van der Waals surface area (Å²) in [6.45, 7) is 8.84. The van der Waals surface area contributed by atoms with Crippen molar-refractivity contribution in [2.75, 3.05) is 6.54 Å². The molecule has 0 saturated heterocycles. The Morgan fingerprint density at radius 3 is 2.38 bits per heavy atom. The molecule has 0 amide bonds. The molecule has 21 heavy (non-hydrogen) atoms. The van der Waals surface area contributed by atoms with Gasteiger partial charge in [0.1, 0.15) is 0 Å². The van der Waals surface area contributed by atoms with Crippen molar-refractivity contribution in [3.05, 3.63) is 34.4 Å². The van der Waals surface area contributed by atoms with E-state index in [4.69, 9.17) is 10.8 Å². The Kier molecular flexibility index (Phi) is 6.90. The molecule has 3 N–H and O–H groups in total. The van der Waals surface area contributed by atoms with Crippen molar-refractivity contribution in [2.24, 2.45) is 17.6 Å². The minimum absolute atomic E-state index is 0.230. The van der Waals surface area contributed by atoms with E-state index in [0.717, 1.165) is 19.3 Å². The quantitative estimate of drug-likeness (QED) is 0.769. The lowest BCUT2D eigenvalue weighted by molar-refractivity contribution is -0.142. The smallest absolute Gasteiger partial charge is 0.307 e. The monoisotopic (exact) mass is 291 g/mol. The number of benzene rings is 1.